The fourth-order valence-electron chi connectivity index (χ4n) is 7.30. The Kier molecular flexibility index (Phi) is 9.44. The van der Waals surface area contributed by atoms with Crippen molar-refractivity contribution < 1.29 is 14.3 Å². The van der Waals surface area contributed by atoms with Gasteiger partial charge < -0.3 is 19.7 Å². The molecule has 1 N–H and O–H groups in total. The van der Waals surface area contributed by atoms with Gasteiger partial charge in [0.1, 0.15) is 5.84 Å². The van der Waals surface area contributed by atoms with Gasteiger partial charge in [-0.15, -0.1) is 0 Å². The van der Waals surface area contributed by atoms with Crippen molar-refractivity contribution in [2.45, 2.75) is 83.4 Å². The molecule has 4 rings (SSSR count). The lowest BCUT2D eigenvalue weighted by Gasteiger charge is -2.41. The molecule has 4 unspecified atom stereocenters. The second kappa shape index (κ2) is 12.4. The lowest BCUT2D eigenvalue weighted by atomic mass is 9.67. The molecule has 0 bridgehead atoms. The Morgan fingerprint density at radius 3 is 2.43 bits per heavy atom. The molecule has 4 atom stereocenters. The fraction of sp³-hybridized carbons (Fsp3) is 0.733. The summed E-state index contributed by atoms with van der Waals surface area (Å²) in [5, 5.41) is 4.34. The number of carbonyl (C=O) groups is 1. The molecule has 1 aromatic carbocycles. The third-order valence-corrected chi connectivity index (χ3v) is 9.09. The second-order valence-electron chi connectivity index (χ2n) is 12.2. The van der Waals surface area contributed by atoms with Crippen LogP contribution in [0.4, 0.5) is 4.79 Å². The smallest absolute Gasteiger partial charge is 0.438 e. The molecule has 7 heteroatoms. The standard InChI is InChI=1S/C30H46ClN3O3/c1-20(2)18-30(37-29(35)36-5)19-32-28(33-30)25-8-6-7-24(17-25)21-9-11-22(12-10-21)27(34(3)4)23-13-15-26(31)16-14-23/h13-16,20-22,24-25,27H,6-12,17-19H2,1-5H3,(H,32,33). The summed E-state index contributed by atoms with van der Waals surface area (Å²) < 4.78 is 10.5. The van der Waals surface area contributed by atoms with E-state index in [4.69, 9.17) is 26.1 Å². The Hall–Kier alpha value is -1.79. The quantitative estimate of drug-likeness (QED) is 0.363. The second-order valence-corrected chi connectivity index (χ2v) is 12.6. The lowest BCUT2D eigenvalue weighted by molar-refractivity contribution is -0.0258. The third kappa shape index (κ3) is 7.00. The molecule has 6 nitrogen and oxygen atoms in total. The summed E-state index contributed by atoms with van der Waals surface area (Å²) in [5.41, 5.74) is 0.532. The van der Waals surface area contributed by atoms with Crippen LogP contribution >= 0.6 is 11.6 Å². The van der Waals surface area contributed by atoms with Crippen LogP contribution in [0.15, 0.2) is 29.3 Å². The first kappa shape index (κ1) is 28.2. The molecular formula is C30H46ClN3O3. The average Bonchev–Trinajstić information content (AvgIpc) is 3.28. The Bertz CT molecular complexity index is 927. The van der Waals surface area contributed by atoms with E-state index < -0.39 is 11.9 Å². The SMILES string of the molecule is COC(=O)OC1(CC(C)C)CNC(C2CCCC(C3CCC(C(c4ccc(Cl)cc4)N(C)C)CC3)C2)=N1. The van der Waals surface area contributed by atoms with Crippen molar-refractivity contribution >= 4 is 23.6 Å². The Labute approximate surface area is 228 Å². The van der Waals surface area contributed by atoms with Crippen LogP contribution in [0, 0.1) is 29.6 Å². The van der Waals surface area contributed by atoms with Gasteiger partial charge in [-0.05, 0) is 94.0 Å². The van der Waals surface area contributed by atoms with Crippen molar-refractivity contribution in [3.63, 3.8) is 0 Å². The summed E-state index contributed by atoms with van der Waals surface area (Å²) in [5.74, 6) is 4.05. The van der Waals surface area contributed by atoms with Crippen LogP contribution in [-0.2, 0) is 9.47 Å². The number of carbonyl (C=O) groups excluding carboxylic acids is 1. The van der Waals surface area contributed by atoms with Crippen molar-refractivity contribution in [2.75, 3.05) is 27.7 Å². The summed E-state index contributed by atoms with van der Waals surface area (Å²) in [4.78, 5) is 19.4. The summed E-state index contributed by atoms with van der Waals surface area (Å²) in [6.07, 6.45) is 10.1. The zero-order valence-corrected chi connectivity index (χ0v) is 24.1. The molecule has 206 valence electrons. The number of halogens is 1. The summed E-state index contributed by atoms with van der Waals surface area (Å²) >= 11 is 6.16. The van der Waals surface area contributed by atoms with Crippen molar-refractivity contribution in [1.82, 2.24) is 10.2 Å². The third-order valence-electron chi connectivity index (χ3n) is 8.84. The van der Waals surface area contributed by atoms with Crippen molar-refractivity contribution in [3.05, 3.63) is 34.9 Å². The monoisotopic (exact) mass is 531 g/mol. The number of benzene rings is 1. The highest BCUT2D eigenvalue weighted by Gasteiger charge is 2.43. The highest BCUT2D eigenvalue weighted by molar-refractivity contribution is 6.30. The largest absolute Gasteiger partial charge is 0.510 e. The topological polar surface area (TPSA) is 63.2 Å². The van der Waals surface area contributed by atoms with E-state index in [2.05, 4.69) is 50.3 Å². The fourth-order valence-corrected chi connectivity index (χ4v) is 7.43. The van der Waals surface area contributed by atoms with Gasteiger partial charge in [0.25, 0.3) is 0 Å². The molecule has 2 aliphatic carbocycles. The summed E-state index contributed by atoms with van der Waals surface area (Å²) in [6, 6.07) is 8.88. The molecule has 1 aromatic rings. The molecular weight excluding hydrogens is 486 g/mol. The first-order chi connectivity index (χ1) is 17.7. The van der Waals surface area contributed by atoms with Crippen LogP contribution in [-0.4, -0.2) is 50.4 Å². The number of methoxy groups -OCH3 is 1. The van der Waals surface area contributed by atoms with E-state index in [1.54, 1.807) is 0 Å². The normalized spacial score (nSPS) is 31.1. The first-order valence-electron chi connectivity index (χ1n) is 14.2. The van der Waals surface area contributed by atoms with Gasteiger partial charge in [-0.1, -0.05) is 50.4 Å². The molecule has 0 amide bonds. The van der Waals surface area contributed by atoms with E-state index in [9.17, 15) is 4.79 Å². The molecule has 0 saturated heterocycles. The number of nitrogens with one attached hydrogen (secondary N) is 1. The summed E-state index contributed by atoms with van der Waals surface area (Å²) in [7, 11) is 5.76. The van der Waals surface area contributed by atoms with E-state index in [0.29, 0.717) is 36.8 Å². The van der Waals surface area contributed by atoms with E-state index in [1.807, 2.05) is 12.1 Å². The van der Waals surface area contributed by atoms with Gasteiger partial charge in [-0.2, -0.15) is 0 Å². The number of aliphatic imine (C=N–C) groups is 1. The highest BCUT2D eigenvalue weighted by Crippen LogP contribution is 2.46. The van der Waals surface area contributed by atoms with Crippen LogP contribution in [0.2, 0.25) is 5.02 Å². The minimum atomic E-state index is -0.843. The minimum absolute atomic E-state index is 0.364. The van der Waals surface area contributed by atoms with Crippen molar-refractivity contribution in [1.29, 1.82) is 0 Å². The molecule has 3 aliphatic rings. The maximum Gasteiger partial charge on any atom is 0.510 e. The van der Waals surface area contributed by atoms with Crippen LogP contribution < -0.4 is 5.32 Å². The van der Waals surface area contributed by atoms with Gasteiger partial charge in [0.2, 0.25) is 5.72 Å². The number of amidine groups is 1. The number of hydrogen-bond donors (Lipinski definition) is 1. The average molecular weight is 532 g/mol. The molecule has 0 aromatic heterocycles. The number of rotatable bonds is 8. The van der Waals surface area contributed by atoms with Gasteiger partial charge in [0.15, 0.2) is 0 Å². The van der Waals surface area contributed by atoms with Gasteiger partial charge in [0, 0.05) is 23.4 Å². The van der Waals surface area contributed by atoms with Crippen molar-refractivity contribution in [3.8, 4) is 0 Å². The van der Waals surface area contributed by atoms with Gasteiger partial charge in [-0.3, -0.25) is 0 Å². The predicted octanol–water partition coefficient (Wildman–Crippen LogP) is 7.08. The summed E-state index contributed by atoms with van der Waals surface area (Å²) in [6.45, 7) is 4.81. The zero-order chi connectivity index (χ0) is 26.6. The van der Waals surface area contributed by atoms with E-state index >= 15 is 0 Å². The molecule has 0 spiro atoms. The van der Waals surface area contributed by atoms with Crippen LogP contribution in [0.5, 0.6) is 0 Å². The zero-order valence-electron chi connectivity index (χ0n) is 23.3. The van der Waals surface area contributed by atoms with E-state index in [0.717, 1.165) is 29.1 Å². The van der Waals surface area contributed by atoms with Crippen LogP contribution in [0.1, 0.15) is 83.2 Å². The molecule has 1 aliphatic heterocycles. The van der Waals surface area contributed by atoms with Gasteiger partial charge >= 0.3 is 6.16 Å². The Morgan fingerprint density at radius 1 is 1.11 bits per heavy atom. The Balaban J connectivity index is 1.38. The van der Waals surface area contributed by atoms with Crippen LogP contribution in [0.3, 0.4) is 0 Å². The number of hydrogen-bond acceptors (Lipinski definition) is 6. The number of nitrogens with zero attached hydrogens (tertiary/aromatic N) is 2. The first-order valence-corrected chi connectivity index (χ1v) is 14.6. The van der Waals surface area contributed by atoms with E-state index in [-0.39, 0.29) is 0 Å². The maximum atomic E-state index is 12.0. The Morgan fingerprint density at radius 2 is 1.81 bits per heavy atom. The lowest BCUT2D eigenvalue weighted by Crippen LogP contribution is -2.39. The van der Waals surface area contributed by atoms with E-state index in [1.165, 1.54) is 57.6 Å². The minimum Gasteiger partial charge on any atom is -0.438 e. The highest BCUT2D eigenvalue weighted by atomic mass is 35.5. The van der Waals surface area contributed by atoms with Crippen LogP contribution in [0.25, 0.3) is 0 Å². The molecule has 2 saturated carbocycles. The van der Waals surface area contributed by atoms with Crippen molar-refractivity contribution in [2.24, 2.45) is 34.6 Å². The maximum absolute atomic E-state index is 12.0. The van der Waals surface area contributed by atoms with Gasteiger partial charge in [-0.25, -0.2) is 9.79 Å². The molecule has 0 radical (unpaired) electrons. The number of ether oxygens (including phenoxy) is 2. The predicted molar refractivity (Wildman–Crippen MR) is 150 cm³/mol. The van der Waals surface area contributed by atoms with Gasteiger partial charge in [0.05, 0.1) is 13.7 Å². The molecule has 1 heterocycles. The molecule has 37 heavy (non-hydrogen) atoms. The molecule has 2 fully saturated rings.